The molecule has 0 aliphatic heterocycles. The fourth-order valence-electron chi connectivity index (χ4n) is 1.76. The van der Waals surface area contributed by atoms with Gasteiger partial charge in [-0.1, -0.05) is 38.0 Å². The summed E-state index contributed by atoms with van der Waals surface area (Å²) in [5.74, 6) is 1.01. The summed E-state index contributed by atoms with van der Waals surface area (Å²) in [6.07, 6.45) is 4.17. The van der Waals surface area contributed by atoms with Gasteiger partial charge in [0.2, 0.25) is 0 Å². The highest BCUT2D eigenvalue weighted by molar-refractivity contribution is 5.37. The second-order valence-corrected chi connectivity index (χ2v) is 4.69. The Balaban J connectivity index is 2.72. The molecule has 0 fully saturated rings. The molecule has 0 aromatic heterocycles. The third-order valence-corrected chi connectivity index (χ3v) is 2.98. The first kappa shape index (κ1) is 14.0. The quantitative estimate of drug-likeness (QED) is 0.735. The molecular weight excluding hydrogens is 210 g/mol. The maximum absolute atomic E-state index is 6.02. The molecule has 2 N–H and O–H groups in total. The Labute approximate surface area is 105 Å². The lowest BCUT2D eigenvalue weighted by Crippen LogP contribution is -2.21. The van der Waals surface area contributed by atoms with Gasteiger partial charge < -0.3 is 10.5 Å². The van der Waals surface area contributed by atoms with Gasteiger partial charge in [0.15, 0.2) is 0 Å². The lowest BCUT2D eigenvalue weighted by molar-refractivity contribution is 0.305. The first-order chi connectivity index (χ1) is 8.17. The van der Waals surface area contributed by atoms with E-state index in [1.54, 1.807) is 0 Å². The Kier molecular flexibility index (Phi) is 6.06. The molecule has 1 atom stereocenters. The lowest BCUT2D eigenvalue weighted by Gasteiger charge is -2.15. The molecule has 17 heavy (non-hydrogen) atoms. The summed E-state index contributed by atoms with van der Waals surface area (Å²) in [5.41, 5.74) is 8.54. The van der Waals surface area contributed by atoms with E-state index in [1.807, 2.05) is 0 Å². The van der Waals surface area contributed by atoms with Crippen molar-refractivity contribution in [2.75, 3.05) is 6.61 Å². The number of benzene rings is 1. The average Bonchev–Trinajstić information content (AvgIpc) is 2.32. The van der Waals surface area contributed by atoms with Crippen molar-refractivity contribution in [1.82, 2.24) is 0 Å². The predicted molar refractivity (Wildman–Crippen MR) is 73.6 cm³/mol. The number of rotatable bonds is 7. The number of aryl methyl sites for hydroxylation is 1. The minimum atomic E-state index is 0.227. The molecule has 2 nitrogen and oxygen atoms in total. The van der Waals surface area contributed by atoms with Gasteiger partial charge in [0.1, 0.15) is 5.75 Å². The van der Waals surface area contributed by atoms with Crippen molar-refractivity contribution in [3.63, 3.8) is 0 Å². The van der Waals surface area contributed by atoms with Crippen molar-refractivity contribution >= 4 is 0 Å². The van der Waals surface area contributed by atoms with Gasteiger partial charge in [-0.3, -0.25) is 0 Å². The molecule has 1 rings (SSSR count). The summed E-state index contributed by atoms with van der Waals surface area (Å²) < 4.78 is 5.82. The van der Waals surface area contributed by atoms with Crippen molar-refractivity contribution in [3.05, 3.63) is 29.3 Å². The van der Waals surface area contributed by atoms with Crippen LogP contribution in [-0.2, 0) is 6.42 Å². The summed E-state index contributed by atoms with van der Waals surface area (Å²) in [6, 6.07) is 6.59. The van der Waals surface area contributed by atoms with Crippen LogP contribution in [0.3, 0.4) is 0 Å². The summed E-state index contributed by atoms with van der Waals surface area (Å²) in [4.78, 5) is 0. The molecule has 1 aromatic carbocycles. The second kappa shape index (κ2) is 7.33. The molecule has 96 valence electrons. The second-order valence-electron chi connectivity index (χ2n) is 4.69. The Morgan fingerprint density at radius 3 is 2.71 bits per heavy atom. The van der Waals surface area contributed by atoms with Crippen LogP contribution in [0.4, 0.5) is 0 Å². The molecule has 0 amide bonds. The van der Waals surface area contributed by atoms with Gasteiger partial charge in [0.25, 0.3) is 0 Å². The van der Waals surface area contributed by atoms with E-state index in [-0.39, 0.29) is 6.04 Å². The molecule has 0 saturated carbocycles. The zero-order valence-corrected chi connectivity index (χ0v) is 11.3. The van der Waals surface area contributed by atoms with Crippen LogP contribution in [0.25, 0.3) is 0 Å². The van der Waals surface area contributed by atoms with Crippen LogP contribution in [0, 0.1) is 6.92 Å². The highest BCUT2D eigenvalue weighted by Gasteiger charge is 2.08. The van der Waals surface area contributed by atoms with Crippen molar-refractivity contribution < 1.29 is 4.74 Å². The highest BCUT2D eigenvalue weighted by Crippen LogP contribution is 2.22. The fourth-order valence-corrected chi connectivity index (χ4v) is 1.76. The van der Waals surface area contributed by atoms with E-state index >= 15 is 0 Å². The number of ether oxygens (including phenoxy) is 1. The Bertz CT molecular complexity index is 336. The number of hydrogen-bond donors (Lipinski definition) is 1. The zero-order chi connectivity index (χ0) is 12.7. The largest absolute Gasteiger partial charge is 0.493 e. The molecule has 0 radical (unpaired) electrons. The Morgan fingerprint density at radius 2 is 2.06 bits per heavy atom. The van der Waals surface area contributed by atoms with Gasteiger partial charge in [0, 0.05) is 6.04 Å². The topological polar surface area (TPSA) is 35.2 Å². The van der Waals surface area contributed by atoms with E-state index in [4.69, 9.17) is 10.5 Å². The van der Waals surface area contributed by atoms with Crippen LogP contribution >= 0.6 is 0 Å². The SMILES string of the molecule is CCCCOc1ccc(C)cc1CC(N)CC. The van der Waals surface area contributed by atoms with Crippen LogP contribution in [0.5, 0.6) is 5.75 Å². The monoisotopic (exact) mass is 235 g/mol. The van der Waals surface area contributed by atoms with Gasteiger partial charge in [-0.25, -0.2) is 0 Å². The molecular formula is C15H25NO. The van der Waals surface area contributed by atoms with E-state index in [0.717, 1.165) is 38.0 Å². The predicted octanol–water partition coefficient (Wildman–Crippen LogP) is 3.45. The maximum atomic E-state index is 6.02. The first-order valence-corrected chi connectivity index (χ1v) is 6.65. The normalized spacial score (nSPS) is 12.5. The van der Waals surface area contributed by atoms with Crippen LogP contribution < -0.4 is 10.5 Å². The Hall–Kier alpha value is -1.02. The number of nitrogens with two attached hydrogens (primary N) is 1. The van der Waals surface area contributed by atoms with Gasteiger partial charge in [-0.15, -0.1) is 0 Å². The summed E-state index contributed by atoms with van der Waals surface area (Å²) >= 11 is 0. The van der Waals surface area contributed by atoms with Crippen LogP contribution in [-0.4, -0.2) is 12.6 Å². The molecule has 1 aromatic rings. The van der Waals surface area contributed by atoms with Crippen LogP contribution in [0.2, 0.25) is 0 Å². The molecule has 0 aliphatic rings. The van der Waals surface area contributed by atoms with E-state index in [2.05, 4.69) is 39.0 Å². The number of unbranched alkanes of at least 4 members (excludes halogenated alkanes) is 1. The molecule has 0 aliphatic carbocycles. The Morgan fingerprint density at radius 1 is 1.29 bits per heavy atom. The summed E-state index contributed by atoms with van der Waals surface area (Å²) in [7, 11) is 0. The van der Waals surface area contributed by atoms with Gasteiger partial charge >= 0.3 is 0 Å². The third-order valence-electron chi connectivity index (χ3n) is 2.98. The van der Waals surface area contributed by atoms with E-state index in [9.17, 15) is 0 Å². The number of hydrogen-bond acceptors (Lipinski definition) is 2. The smallest absolute Gasteiger partial charge is 0.122 e. The highest BCUT2D eigenvalue weighted by atomic mass is 16.5. The van der Waals surface area contributed by atoms with Gasteiger partial charge in [-0.05, 0) is 37.8 Å². The van der Waals surface area contributed by atoms with Crippen molar-refractivity contribution in [2.24, 2.45) is 5.73 Å². The maximum Gasteiger partial charge on any atom is 0.122 e. The standard InChI is InChI=1S/C15H25NO/c1-4-6-9-17-15-8-7-12(3)10-13(15)11-14(16)5-2/h7-8,10,14H,4-6,9,11,16H2,1-3H3. The minimum Gasteiger partial charge on any atom is -0.493 e. The summed E-state index contributed by atoms with van der Waals surface area (Å²) in [5, 5.41) is 0. The van der Waals surface area contributed by atoms with Crippen molar-refractivity contribution in [2.45, 2.75) is 52.5 Å². The third kappa shape index (κ3) is 4.78. The average molecular weight is 235 g/mol. The van der Waals surface area contributed by atoms with E-state index in [0.29, 0.717) is 0 Å². The van der Waals surface area contributed by atoms with Crippen LogP contribution in [0.1, 0.15) is 44.2 Å². The molecule has 0 bridgehead atoms. The fraction of sp³-hybridized carbons (Fsp3) is 0.600. The van der Waals surface area contributed by atoms with E-state index < -0.39 is 0 Å². The van der Waals surface area contributed by atoms with Gasteiger partial charge in [0.05, 0.1) is 6.61 Å². The van der Waals surface area contributed by atoms with E-state index in [1.165, 1.54) is 11.1 Å². The summed E-state index contributed by atoms with van der Waals surface area (Å²) in [6.45, 7) is 7.20. The molecule has 0 heterocycles. The van der Waals surface area contributed by atoms with Crippen molar-refractivity contribution in [3.8, 4) is 5.75 Å². The first-order valence-electron chi connectivity index (χ1n) is 6.65. The van der Waals surface area contributed by atoms with Crippen molar-refractivity contribution in [1.29, 1.82) is 0 Å². The molecule has 0 saturated heterocycles. The minimum absolute atomic E-state index is 0.227. The molecule has 0 spiro atoms. The van der Waals surface area contributed by atoms with Gasteiger partial charge in [-0.2, -0.15) is 0 Å². The lowest BCUT2D eigenvalue weighted by atomic mass is 10.0. The molecule has 2 heteroatoms. The molecule has 1 unspecified atom stereocenters. The zero-order valence-electron chi connectivity index (χ0n) is 11.3. The van der Waals surface area contributed by atoms with Crippen LogP contribution in [0.15, 0.2) is 18.2 Å².